The molecule has 1 aromatic rings. The van der Waals surface area contributed by atoms with E-state index >= 15 is 0 Å². The summed E-state index contributed by atoms with van der Waals surface area (Å²) in [6, 6.07) is 7.29. The van der Waals surface area contributed by atoms with Crippen LogP contribution in [0.3, 0.4) is 0 Å². The Kier molecular flexibility index (Phi) is 14.5. The van der Waals surface area contributed by atoms with Crippen LogP contribution in [0.1, 0.15) is 70.0 Å². The zero-order valence-electron chi connectivity index (χ0n) is 21.7. The van der Waals surface area contributed by atoms with E-state index in [4.69, 9.17) is 26.6 Å². The highest BCUT2D eigenvalue weighted by atomic mass is 28.4. The second kappa shape index (κ2) is 15.9. The van der Waals surface area contributed by atoms with E-state index in [-0.39, 0.29) is 5.78 Å². The molecule has 0 aliphatic heterocycles. The highest BCUT2D eigenvalue weighted by Gasteiger charge is 2.41. The van der Waals surface area contributed by atoms with E-state index in [1.165, 1.54) is 0 Å². The van der Waals surface area contributed by atoms with Gasteiger partial charge in [0.1, 0.15) is 0 Å². The maximum atomic E-state index is 12.7. The topological polar surface area (TPSA) is 72.5 Å². The summed E-state index contributed by atoms with van der Waals surface area (Å²) in [5, 5.41) is 0. The molecule has 0 heterocycles. The van der Waals surface area contributed by atoms with Gasteiger partial charge in [0.15, 0.2) is 5.78 Å². The number of carbonyl (C=O) groups excluding carboxylic acids is 1. The fraction of sp³-hybridized carbons (Fsp3) is 0.708. The Morgan fingerprint density at radius 1 is 0.636 bits per heavy atom. The number of Topliss-reactive ketones (excluding diaryl/α,β-unsaturated/α-hetero) is 1. The number of hydrogen-bond acceptors (Lipinski definition) is 7. The average Bonchev–Trinajstić information content (AvgIpc) is 2.77. The van der Waals surface area contributed by atoms with Crippen molar-refractivity contribution in [1.29, 1.82) is 0 Å². The molecular weight excluding hydrogens is 456 g/mol. The predicted octanol–water partition coefficient (Wildman–Crippen LogP) is 5.07. The summed E-state index contributed by atoms with van der Waals surface area (Å²) in [6.07, 6.45) is 1.31. The van der Waals surface area contributed by atoms with Gasteiger partial charge in [-0.25, -0.2) is 0 Å². The van der Waals surface area contributed by atoms with Gasteiger partial charge in [0.25, 0.3) is 0 Å². The molecule has 0 aromatic heterocycles. The average molecular weight is 501 g/mol. The summed E-state index contributed by atoms with van der Waals surface area (Å²) in [7, 11) is -5.60. The van der Waals surface area contributed by atoms with Gasteiger partial charge in [0.2, 0.25) is 0 Å². The van der Waals surface area contributed by atoms with Crippen LogP contribution >= 0.6 is 0 Å². The summed E-state index contributed by atoms with van der Waals surface area (Å²) in [6.45, 7) is 16.5. The van der Waals surface area contributed by atoms with Gasteiger partial charge >= 0.3 is 17.6 Å². The van der Waals surface area contributed by atoms with Crippen molar-refractivity contribution in [1.82, 2.24) is 0 Å². The van der Waals surface area contributed by atoms with Gasteiger partial charge in [0, 0.05) is 57.3 Å². The van der Waals surface area contributed by atoms with Crippen molar-refractivity contribution < 1.29 is 31.4 Å². The van der Waals surface area contributed by atoms with Crippen LogP contribution in [0.4, 0.5) is 0 Å². The Hall–Kier alpha value is -0.916. The van der Waals surface area contributed by atoms with E-state index in [2.05, 4.69) is 0 Å². The summed E-state index contributed by atoms with van der Waals surface area (Å²) in [5.41, 5.74) is 2.75. The van der Waals surface area contributed by atoms with Crippen LogP contribution in [0.5, 0.6) is 0 Å². The van der Waals surface area contributed by atoms with Crippen molar-refractivity contribution in [2.24, 2.45) is 0 Å². The van der Waals surface area contributed by atoms with E-state index < -0.39 is 17.6 Å². The van der Waals surface area contributed by atoms with Crippen molar-refractivity contribution in [3.8, 4) is 0 Å². The van der Waals surface area contributed by atoms with Gasteiger partial charge in [-0.15, -0.1) is 0 Å². The fourth-order valence-electron chi connectivity index (χ4n) is 4.10. The Morgan fingerprint density at radius 3 is 1.18 bits per heavy atom. The third kappa shape index (κ3) is 9.33. The lowest BCUT2D eigenvalue weighted by molar-refractivity contribution is 0.0707. The first-order valence-electron chi connectivity index (χ1n) is 12.3. The van der Waals surface area contributed by atoms with E-state index in [0.29, 0.717) is 64.6 Å². The minimum absolute atomic E-state index is 0.0496. The second-order valence-electron chi connectivity index (χ2n) is 7.47. The molecule has 0 amide bonds. The van der Waals surface area contributed by atoms with Crippen molar-refractivity contribution in [2.75, 3.05) is 39.6 Å². The Balaban J connectivity index is 3.18. The maximum Gasteiger partial charge on any atom is 0.501 e. The third-order valence-electron chi connectivity index (χ3n) is 5.18. The summed E-state index contributed by atoms with van der Waals surface area (Å²) in [4.78, 5) is 12.7. The zero-order valence-corrected chi connectivity index (χ0v) is 23.7. The first-order chi connectivity index (χ1) is 15.9. The van der Waals surface area contributed by atoms with Crippen LogP contribution < -0.4 is 0 Å². The summed E-state index contributed by atoms with van der Waals surface area (Å²) >= 11 is 0. The largest absolute Gasteiger partial charge is 0.501 e. The lowest BCUT2D eigenvalue weighted by atomic mass is 9.95. The lowest BCUT2D eigenvalue weighted by Gasteiger charge is -2.29. The van der Waals surface area contributed by atoms with Gasteiger partial charge in [-0.2, -0.15) is 0 Å². The van der Waals surface area contributed by atoms with Gasteiger partial charge in [0.05, 0.1) is 0 Å². The molecule has 0 radical (unpaired) electrons. The first kappa shape index (κ1) is 30.1. The molecule has 1 rings (SSSR count). The smallest absolute Gasteiger partial charge is 0.374 e. The van der Waals surface area contributed by atoms with Crippen LogP contribution in [0.25, 0.3) is 0 Å². The van der Waals surface area contributed by atoms with E-state index in [9.17, 15) is 4.79 Å². The Bertz CT molecular complexity index is 617. The molecule has 9 heteroatoms. The first-order valence-corrected chi connectivity index (χ1v) is 16.2. The molecule has 190 valence electrons. The normalized spacial score (nSPS) is 12.3. The molecule has 33 heavy (non-hydrogen) atoms. The third-order valence-corrected chi connectivity index (χ3v) is 11.3. The molecule has 0 N–H and O–H groups in total. The van der Waals surface area contributed by atoms with Crippen LogP contribution in [-0.2, 0) is 39.4 Å². The number of aryl methyl sites for hydroxylation is 2. The van der Waals surface area contributed by atoms with Gasteiger partial charge in [-0.1, -0.05) is 18.2 Å². The number of hydrogen-bond donors (Lipinski definition) is 0. The van der Waals surface area contributed by atoms with E-state index in [1.807, 2.05) is 59.7 Å². The number of rotatable bonds is 19. The highest BCUT2D eigenvalue weighted by Crippen LogP contribution is 2.26. The second-order valence-corrected chi connectivity index (χ2v) is 12.9. The monoisotopic (exact) mass is 500 g/mol. The van der Waals surface area contributed by atoms with Gasteiger partial charge in [-0.05, 0) is 72.4 Å². The Morgan fingerprint density at radius 2 is 0.939 bits per heavy atom. The van der Waals surface area contributed by atoms with Crippen molar-refractivity contribution >= 4 is 23.4 Å². The number of ketones is 1. The summed E-state index contributed by atoms with van der Waals surface area (Å²) < 4.78 is 36.0. The molecule has 0 aliphatic carbocycles. The van der Waals surface area contributed by atoms with Crippen molar-refractivity contribution in [3.05, 3.63) is 34.9 Å². The van der Waals surface area contributed by atoms with E-state index in [1.54, 1.807) is 6.92 Å². The molecule has 0 atom stereocenters. The summed E-state index contributed by atoms with van der Waals surface area (Å²) in [5.74, 6) is 0.0496. The molecule has 0 saturated heterocycles. The van der Waals surface area contributed by atoms with Gasteiger partial charge in [-0.3, -0.25) is 4.79 Å². The van der Waals surface area contributed by atoms with Crippen LogP contribution in [0, 0.1) is 0 Å². The van der Waals surface area contributed by atoms with Crippen LogP contribution in [0.15, 0.2) is 18.2 Å². The molecule has 0 spiro atoms. The predicted molar refractivity (Wildman–Crippen MR) is 135 cm³/mol. The molecule has 0 bridgehead atoms. The molecular formula is C24H44O7Si2. The highest BCUT2D eigenvalue weighted by molar-refractivity contribution is 6.61. The van der Waals surface area contributed by atoms with Crippen LogP contribution in [0.2, 0.25) is 12.1 Å². The Labute approximate surface area is 202 Å². The molecule has 7 nitrogen and oxygen atoms in total. The SMILES string of the molecule is CCO[Si](CCc1cccc(CC[Si](OCC)(OCC)OCC)c1C(C)=O)(OCC)OCC. The molecule has 1 aromatic carbocycles. The lowest BCUT2D eigenvalue weighted by Crippen LogP contribution is -2.46. The van der Waals surface area contributed by atoms with Gasteiger partial charge < -0.3 is 26.6 Å². The van der Waals surface area contributed by atoms with Crippen molar-refractivity contribution in [2.45, 2.75) is 73.4 Å². The zero-order chi connectivity index (χ0) is 24.7. The molecule has 0 fully saturated rings. The molecule has 0 aliphatic rings. The van der Waals surface area contributed by atoms with Crippen molar-refractivity contribution in [3.63, 3.8) is 0 Å². The quantitative estimate of drug-likeness (QED) is 0.194. The molecule has 0 saturated carbocycles. The maximum absolute atomic E-state index is 12.7. The standard InChI is InChI=1S/C24H44O7Si2/c1-8-26-32(27-9-2,28-10-3)19-17-22-15-14-16-23(24(22)21(7)25)18-20-33(29-11-4,30-12-5)31-13-6/h14-16H,8-13,17-20H2,1-7H3. The number of benzene rings is 1. The fourth-order valence-corrected chi connectivity index (χ4v) is 9.26. The van der Waals surface area contributed by atoms with Crippen LogP contribution in [-0.4, -0.2) is 63.0 Å². The number of carbonyl (C=O) groups is 1. The molecule has 0 unspecified atom stereocenters. The minimum atomic E-state index is -2.80. The minimum Gasteiger partial charge on any atom is -0.374 e. The van der Waals surface area contributed by atoms with E-state index in [0.717, 1.165) is 16.7 Å².